The van der Waals surface area contributed by atoms with Crippen LogP contribution in [0.2, 0.25) is 0 Å². The van der Waals surface area contributed by atoms with Crippen molar-refractivity contribution >= 4 is 6.03 Å². The molecule has 1 N–H and O–H groups in total. The van der Waals surface area contributed by atoms with Crippen LogP contribution >= 0.6 is 0 Å². The molecule has 1 fully saturated rings. The lowest BCUT2D eigenvalue weighted by molar-refractivity contribution is 0.111. The fraction of sp³-hybridized carbons (Fsp3) is 0.400. The van der Waals surface area contributed by atoms with Gasteiger partial charge >= 0.3 is 6.03 Å². The van der Waals surface area contributed by atoms with E-state index < -0.39 is 0 Å². The maximum Gasteiger partial charge on any atom is 0.317 e. The van der Waals surface area contributed by atoms with E-state index >= 15 is 0 Å². The van der Waals surface area contributed by atoms with E-state index in [4.69, 9.17) is 14.2 Å². The number of carbonyl (C=O) groups is 1. The summed E-state index contributed by atoms with van der Waals surface area (Å²) < 4.78 is 16.5. The minimum Gasteiger partial charge on any atom is -0.497 e. The van der Waals surface area contributed by atoms with Gasteiger partial charge < -0.3 is 24.4 Å². The van der Waals surface area contributed by atoms with Gasteiger partial charge in [0.1, 0.15) is 23.4 Å². The minimum absolute atomic E-state index is 0.0813. The highest BCUT2D eigenvalue weighted by Gasteiger charge is 2.24. The van der Waals surface area contributed by atoms with Gasteiger partial charge in [0, 0.05) is 50.4 Å². The highest BCUT2D eigenvalue weighted by Crippen LogP contribution is 2.24. The number of pyridine rings is 1. The average molecular weight is 371 g/mol. The molecule has 0 atom stereocenters. The van der Waals surface area contributed by atoms with Gasteiger partial charge in [0.25, 0.3) is 0 Å². The van der Waals surface area contributed by atoms with Crippen molar-refractivity contribution < 1.29 is 19.0 Å². The molecular formula is C20H25N3O4. The third kappa shape index (κ3) is 5.03. The van der Waals surface area contributed by atoms with E-state index in [0.717, 1.165) is 35.7 Å². The Labute approximate surface area is 159 Å². The summed E-state index contributed by atoms with van der Waals surface area (Å²) in [5.74, 6) is 2.27. The van der Waals surface area contributed by atoms with E-state index in [1.165, 1.54) is 0 Å². The number of hydrogen-bond donors (Lipinski definition) is 1. The molecule has 0 aliphatic carbocycles. The van der Waals surface area contributed by atoms with E-state index in [-0.39, 0.29) is 12.1 Å². The molecular weight excluding hydrogens is 346 g/mol. The maximum absolute atomic E-state index is 12.5. The summed E-state index contributed by atoms with van der Waals surface area (Å²) >= 11 is 0. The maximum atomic E-state index is 12.5. The van der Waals surface area contributed by atoms with Crippen LogP contribution in [0.3, 0.4) is 0 Å². The predicted molar refractivity (Wildman–Crippen MR) is 101 cm³/mol. The molecule has 1 aromatic heterocycles. The molecule has 3 rings (SSSR count). The molecule has 7 heteroatoms. The van der Waals surface area contributed by atoms with E-state index in [1.54, 1.807) is 26.6 Å². The lowest BCUT2D eigenvalue weighted by atomic mass is 10.1. The van der Waals surface area contributed by atoms with Crippen LogP contribution in [0.25, 0.3) is 0 Å². The van der Waals surface area contributed by atoms with Crippen LogP contribution in [0.4, 0.5) is 4.79 Å². The Kier molecular flexibility index (Phi) is 6.35. The lowest BCUT2D eigenvalue weighted by Gasteiger charge is -2.32. The number of urea groups is 1. The topological polar surface area (TPSA) is 72.9 Å². The van der Waals surface area contributed by atoms with Gasteiger partial charge in [-0.2, -0.15) is 0 Å². The number of amides is 2. The fourth-order valence-corrected chi connectivity index (χ4v) is 3.09. The van der Waals surface area contributed by atoms with E-state index in [0.29, 0.717) is 19.6 Å². The van der Waals surface area contributed by atoms with Gasteiger partial charge in [-0.25, -0.2) is 4.79 Å². The highest BCUT2D eigenvalue weighted by molar-refractivity contribution is 5.74. The number of rotatable bonds is 6. The van der Waals surface area contributed by atoms with Crippen LogP contribution < -0.4 is 19.5 Å². The molecule has 27 heavy (non-hydrogen) atoms. The summed E-state index contributed by atoms with van der Waals surface area (Å²) in [6.45, 7) is 1.71. The largest absolute Gasteiger partial charge is 0.497 e. The molecule has 1 aromatic carbocycles. The number of likely N-dealkylation sites (tertiary alicyclic amines) is 1. The molecule has 7 nitrogen and oxygen atoms in total. The first-order valence-corrected chi connectivity index (χ1v) is 9.00. The lowest BCUT2D eigenvalue weighted by Crippen LogP contribution is -2.46. The molecule has 0 bridgehead atoms. The van der Waals surface area contributed by atoms with Crippen molar-refractivity contribution in [3.63, 3.8) is 0 Å². The number of hydrogen-bond acceptors (Lipinski definition) is 5. The van der Waals surface area contributed by atoms with E-state index in [2.05, 4.69) is 10.3 Å². The molecule has 0 saturated carbocycles. The summed E-state index contributed by atoms with van der Waals surface area (Å²) in [6.07, 6.45) is 5.15. The van der Waals surface area contributed by atoms with Crippen molar-refractivity contribution in [2.75, 3.05) is 27.3 Å². The third-order valence-corrected chi connectivity index (χ3v) is 4.60. The predicted octanol–water partition coefficient (Wildman–Crippen LogP) is 2.85. The Balaban J connectivity index is 1.48. The molecule has 0 unspecified atom stereocenters. The molecule has 1 saturated heterocycles. The van der Waals surface area contributed by atoms with Crippen molar-refractivity contribution in [2.45, 2.75) is 25.5 Å². The Hall–Kier alpha value is -2.96. The summed E-state index contributed by atoms with van der Waals surface area (Å²) in [5.41, 5.74) is 0.876. The number of nitrogens with one attached hydrogen (secondary N) is 1. The molecule has 1 aliphatic rings. The van der Waals surface area contributed by atoms with Crippen LogP contribution in [0, 0.1) is 0 Å². The van der Waals surface area contributed by atoms with Crippen LogP contribution in [0.1, 0.15) is 18.4 Å². The second-order valence-corrected chi connectivity index (χ2v) is 6.32. The average Bonchev–Trinajstić information content (AvgIpc) is 2.73. The Morgan fingerprint density at radius 3 is 2.52 bits per heavy atom. The van der Waals surface area contributed by atoms with E-state index in [9.17, 15) is 4.79 Å². The zero-order valence-corrected chi connectivity index (χ0v) is 15.7. The number of nitrogens with zero attached hydrogens (tertiary/aromatic N) is 2. The van der Waals surface area contributed by atoms with Gasteiger partial charge in [-0.1, -0.05) is 0 Å². The summed E-state index contributed by atoms with van der Waals surface area (Å²) in [5, 5.41) is 2.96. The monoisotopic (exact) mass is 371 g/mol. The Morgan fingerprint density at radius 2 is 1.85 bits per heavy atom. The first-order chi connectivity index (χ1) is 13.2. The number of carbonyl (C=O) groups excluding carboxylic acids is 1. The van der Waals surface area contributed by atoms with Crippen molar-refractivity contribution in [1.29, 1.82) is 0 Å². The molecule has 2 aromatic rings. The molecule has 2 amide bonds. The first-order valence-electron chi connectivity index (χ1n) is 9.00. The smallest absolute Gasteiger partial charge is 0.317 e. The third-order valence-electron chi connectivity index (χ3n) is 4.60. The highest BCUT2D eigenvalue weighted by atomic mass is 16.5. The normalized spacial score (nSPS) is 14.5. The zero-order chi connectivity index (χ0) is 19.1. The van der Waals surface area contributed by atoms with Gasteiger partial charge in [-0.3, -0.25) is 4.98 Å². The number of benzene rings is 1. The summed E-state index contributed by atoms with van der Waals surface area (Å²) in [4.78, 5) is 18.3. The summed E-state index contributed by atoms with van der Waals surface area (Å²) in [6, 6.07) is 9.15. The van der Waals surface area contributed by atoms with Crippen LogP contribution in [0.5, 0.6) is 17.2 Å². The zero-order valence-electron chi connectivity index (χ0n) is 15.7. The van der Waals surface area contributed by atoms with Crippen LogP contribution in [-0.4, -0.2) is 49.3 Å². The quantitative estimate of drug-likeness (QED) is 0.845. The fourth-order valence-electron chi connectivity index (χ4n) is 3.09. The molecule has 0 spiro atoms. The standard InChI is InChI=1S/C20H25N3O4/c1-25-18-3-4-19(26-2)15(13-18)14-22-20(24)23-11-7-17(8-12-23)27-16-5-9-21-10-6-16/h3-6,9-10,13,17H,7-8,11-12,14H2,1-2H3,(H,22,24). The van der Waals surface area contributed by atoms with E-state index in [1.807, 2.05) is 35.2 Å². The second-order valence-electron chi connectivity index (χ2n) is 6.32. The molecule has 0 radical (unpaired) electrons. The van der Waals surface area contributed by atoms with Crippen molar-refractivity contribution in [1.82, 2.24) is 15.2 Å². The Morgan fingerprint density at radius 1 is 1.11 bits per heavy atom. The number of piperidine rings is 1. The number of methoxy groups -OCH3 is 2. The molecule has 1 aliphatic heterocycles. The van der Waals surface area contributed by atoms with Gasteiger partial charge in [-0.05, 0) is 30.3 Å². The number of aromatic nitrogens is 1. The van der Waals surface area contributed by atoms with Gasteiger partial charge in [0.15, 0.2) is 0 Å². The molecule has 2 heterocycles. The number of ether oxygens (including phenoxy) is 3. The van der Waals surface area contributed by atoms with Crippen LogP contribution in [-0.2, 0) is 6.54 Å². The van der Waals surface area contributed by atoms with Gasteiger partial charge in [0.05, 0.1) is 14.2 Å². The van der Waals surface area contributed by atoms with Gasteiger partial charge in [-0.15, -0.1) is 0 Å². The summed E-state index contributed by atoms with van der Waals surface area (Å²) in [7, 11) is 3.23. The Bertz CT molecular complexity index is 746. The SMILES string of the molecule is COc1ccc(OC)c(CNC(=O)N2CCC(Oc3ccncc3)CC2)c1. The van der Waals surface area contributed by atoms with Gasteiger partial charge in [0.2, 0.25) is 0 Å². The minimum atomic E-state index is -0.0813. The van der Waals surface area contributed by atoms with Crippen molar-refractivity contribution in [3.8, 4) is 17.2 Å². The van der Waals surface area contributed by atoms with Crippen molar-refractivity contribution in [3.05, 3.63) is 48.3 Å². The van der Waals surface area contributed by atoms with Crippen molar-refractivity contribution in [2.24, 2.45) is 0 Å². The molecule has 144 valence electrons. The first kappa shape index (κ1) is 18.8. The second kappa shape index (κ2) is 9.12. The van der Waals surface area contributed by atoms with Crippen LogP contribution in [0.15, 0.2) is 42.7 Å².